The molecule has 0 aromatic heterocycles. The van der Waals surface area contributed by atoms with Crippen molar-refractivity contribution in [3.05, 3.63) is 91.0 Å². The topological polar surface area (TPSA) is 97.0 Å². The number of fused-ring (bicyclic) bond motifs is 2. The summed E-state index contributed by atoms with van der Waals surface area (Å²) in [5, 5.41) is 7.30. The quantitative estimate of drug-likeness (QED) is 0.244. The molecule has 0 aliphatic carbocycles. The molecule has 6 rings (SSSR count). The minimum absolute atomic E-state index is 0.102. The van der Waals surface area contributed by atoms with Crippen molar-refractivity contribution in [1.29, 1.82) is 0 Å². The number of anilines is 1. The van der Waals surface area contributed by atoms with E-state index in [1.54, 1.807) is 18.2 Å². The number of benzene rings is 3. The number of rotatable bonds is 6. The maximum Gasteiger partial charge on any atom is 0.319 e. The van der Waals surface area contributed by atoms with E-state index in [0.717, 1.165) is 33.1 Å². The van der Waals surface area contributed by atoms with Crippen molar-refractivity contribution in [2.24, 2.45) is 0 Å². The zero-order valence-corrected chi connectivity index (χ0v) is 27.0. The molecule has 0 bridgehead atoms. The molecule has 0 radical (unpaired) electrons. The van der Waals surface area contributed by atoms with Gasteiger partial charge in [0, 0.05) is 50.3 Å². The summed E-state index contributed by atoms with van der Waals surface area (Å²) in [7, 11) is 1.39. The highest BCUT2D eigenvalue weighted by Crippen LogP contribution is 2.58. The highest BCUT2D eigenvalue weighted by Gasteiger charge is 2.61. The molecule has 2 amide bonds. The van der Waals surface area contributed by atoms with Gasteiger partial charge in [-0.25, -0.2) is 0 Å². The van der Waals surface area contributed by atoms with Crippen molar-refractivity contribution in [3.8, 4) is 5.75 Å². The fraction of sp³-hybridized carbons (Fsp3) is 0.344. The van der Waals surface area contributed by atoms with E-state index in [-0.39, 0.29) is 36.9 Å². The number of nitrogens with zero attached hydrogens (tertiary/aromatic N) is 1. The van der Waals surface area contributed by atoms with Gasteiger partial charge in [0.05, 0.1) is 19.7 Å². The number of methoxy groups -OCH3 is 1. The smallest absolute Gasteiger partial charge is 0.319 e. The zero-order valence-electron chi connectivity index (χ0n) is 23.4. The number of likely N-dealkylation sites (tertiary alicyclic amines) is 1. The Morgan fingerprint density at radius 2 is 1.81 bits per heavy atom. The molecule has 1 spiro atoms. The molecule has 11 heteroatoms. The molecule has 2 fully saturated rings. The van der Waals surface area contributed by atoms with Gasteiger partial charge in [0.1, 0.15) is 17.3 Å². The highest BCUT2D eigenvalue weighted by molar-refractivity contribution is 14.1. The van der Waals surface area contributed by atoms with Crippen LogP contribution in [0.1, 0.15) is 47.9 Å². The van der Waals surface area contributed by atoms with Crippen molar-refractivity contribution < 1.29 is 23.9 Å². The molecule has 3 heterocycles. The first-order valence-electron chi connectivity index (χ1n) is 14.1. The van der Waals surface area contributed by atoms with Crippen LogP contribution in [-0.4, -0.2) is 55.5 Å². The predicted molar refractivity (Wildman–Crippen MR) is 173 cm³/mol. The van der Waals surface area contributed by atoms with Crippen LogP contribution >= 0.6 is 45.8 Å². The van der Waals surface area contributed by atoms with Crippen LogP contribution in [0.3, 0.4) is 0 Å². The van der Waals surface area contributed by atoms with Crippen LogP contribution in [-0.2, 0) is 24.5 Å². The Morgan fingerprint density at radius 3 is 2.56 bits per heavy atom. The number of halogens is 3. The Kier molecular flexibility index (Phi) is 8.61. The van der Waals surface area contributed by atoms with Gasteiger partial charge in [-0.1, -0.05) is 41.4 Å². The Balaban J connectivity index is 1.43. The minimum Gasteiger partial charge on any atom is -0.490 e. The minimum atomic E-state index is -1.20. The standard InChI is InChI=1S/C32H30Cl2IN3O5/c1-42-29(40)17-38-11-9-22(10-12-38)43-27-8-6-21(35)15-23(27)30-32(24-7-5-20(34)14-26(24)36-31(32)41)25(16-28(39)37-30)18-3-2-4-19(33)13-18/h2-8,13-15,22,25,30H,9-12,16-17H2,1H3,(H,36,41)(H,37,39)/t25-,30+,32-/m0/s1. The Morgan fingerprint density at radius 1 is 1.05 bits per heavy atom. The third-order valence-corrected chi connectivity index (χ3v) is 9.83. The lowest BCUT2D eigenvalue weighted by atomic mass is 9.59. The fourth-order valence-electron chi connectivity index (χ4n) is 6.73. The molecule has 3 atom stereocenters. The first-order valence-corrected chi connectivity index (χ1v) is 15.9. The first-order chi connectivity index (χ1) is 20.7. The van der Waals surface area contributed by atoms with Gasteiger partial charge >= 0.3 is 5.97 Å². The second kappa shape index (κ2) is 12.3. The Labute approximate surface area is 273 Å². The maximum atomic E-state index is 14.4. The van der Waals surface area contributed by atoms with Crippen molar-refractivity contribution in [1.82, 2.24) is 10.2 Å². The van der Waals surface area contributed by atoms with Gasteiger partial charge in [-0.05, 0) is 89.0 Å². The molecule has 224 valence electrons. The van der Waals surface area contributed by atoms with Crippen molar-refractivity contribution in [2.45, 2.75) is 42.7 Å². The number of amides is 2. The number of piperidine rings is 2. The number of ether oxygens (including phenoxy) is 2. The number of esters is 1. The van der Waals surface area contributed by atoms with Gasteiger partial charge in [0.15, 0.2) is 0 Å². The normalized spacial score (nSPS) is 23.9. The molecule has 43 heavy (non-hydrogen) atoms. The van der Waals surface area contributed by atoms with Crippen LogP contribution in [0.2, 0.25) is 10.0 Å². The average molecular weight is 734 g/mol. The number of carbonyl (C=O) groups excluding carboxylic acids is 3. The lowest BCUT2D eigenvalue weighted by molar-refractivity contribution is -0.142. The van der Waals surface area contributed by atoms with E-state index >= 15 is 0 Å². The summed E-state index contributed by atoms with van der Waals surface area (Å²) in [6.07, 6.45) is 1.44. The average Bonchev–Trinajstić information content (AvgIpc) is 3.26. The molecular weight excluding hydrogens is 704 g/mol. The molecule has 3 aliphatic rings. The molecule has 3 aromatic rings. The maximum absolute atomic E-state index is 14.4. The summed E-state index contributed by atoms with van der Waals surface area (Å²) >= 11 is 15.0. The zero-order chi connectivity index (χ0) is 30.3. The number of nitrogens with one attached hydrogen (secondary N) is 2. The van der Waals surface area contributed by atoms with Crippen LogP contribution in [0.5, 0.6) is 5.75 Å². The Hall–Kier alpha value is -2.86. The largest absolute Gasteiger partial charge is 0.490 e. The molecule has 2 N–H and O–H groups in total. The third-order valence-electron chi connectivity index (χ3n) is 8.69. The Bertz CT molecular complexity index is 1590. The SMILES string of the molecule is COC(=O)CN1CCC(Oc2ccc(I)cc2[C@H]2NC(=O)C[C@@H](c3cccc(Cl)c3)[C@]23C(=O)Nc2cc(Cl)ccc23)CC1. The van der Waals surface area contributed by atoms with E-state index in [1.807, 2.05) is 42.5 Å². The van der Waals surface area contributed by atoms with Gasteiger partial charge in [-0.3, -0.25) is 19.3 Å². The number of carbonyl (C=O) groups is 3. The summed E-state index contributed by atoms with van der Waals surface area (Å²) in [5.74, 6) is -0.557. The second-order valence-electron chi connectivity index (χ2n) is 11.2. The summed E-state index contributed by atoms with van der Waals surface area (Å²) in [6.45, 7) is 1.63. The van der Waals surface area contributed by atoms with Gasteiger partial charge in [-0.2, -0.15) is 0 Å². The van der Waals surface area contributed by atoms with Crippen molar-refractivity contribution in [2.75, 3.05) is 32.1 Å². The van der Waals surface area contributed by atoms with Crippen LogP contribution < -0.4 is 15.4 Å². The van der Waals surface area contributed by atoms with E-state index in [1.165, 1.54) is 7.11 Å². The summed E-state index contributed by atoms with van der Waals surface area (Å²) in [4.78, 5) is 41.7. The summed E-state index contributed by atoms with van der Waals surface area (Å²) in [6, 6.07) is 17.9. The molecule has 3 aliphatic heterocycles. The van der Waals surface area contributed by atoms with E-state index in [4.69, 9.17) is 32.7 Å². The van der Waals surface area contributed by atoms with Gasteiger partial charge in [0.2, 0.25) is 11.8 Å². The van der Waals surface area contributed by atoms with E-state index in [9.17, 15) is 14.4 Å². The van der Waals surface area contributed by atoms with Gasteiger partial charge in [-0.15, -0.1) is 0 Å². The monoisotopic (exact) mass is 733 g/mol. The van der Waals surface area contributed by atoms with Gasteiger partial charge < -0.3 is 20.1 Å². The molecule has 8 nitrogen and oxygen atoms in total. The molecule has 0 unspecified atom stereocenters. The molecule has 3 aromatic carbocycles. The van der Waals surface area contributed by atoms with E-state index < -0.39 is 17.4 Å². The van der Waals surface area contributed by atoms with Crippen LogP contribution in [0.15, 0.2) is 60.7 Å². The van der Waals surface area contributed by atoms with E-state index in [0.29, 0.717) is 34.6 Å². The first kappa shape index (κ1) is 30.2. The second-order valence-corrected chi connectivity index (χ2v) is 13.3. The predicted octanol–water partition coefficient (Wildman–Crippen LogP) is 5.85. The summed E-state index contributed by atoms with van der Waals surface area (Å²) in [5.41, 5.74) is 1.71. The van der Waals surface area contributed by atoms with Gasteiger partial charge in [0.25, 0.3) is 0 Å². The number of hydrogen-bond acceptors (Lipinski definition) is 6. The molecule has 0 saturated carbocycles. The van der Waals surface area contributed by atoms with E-state index in [2.05, 4.69) is 38.1 Å². The van der Waals surface area contributed by atoms with Crippen molar-refractivity contribution >= 4 is 69.3 Å². The van der Waals surface area contributed by atoms with Crippen LogP contribution in [0.4, 0.5) is 5.69 Å². The summed E-state index contributed by atoms with van der Waals surface area (Å²) < 4.78 is 12.4. The molecule has 2 saturated heterocycles. The highest BCUT2D eigenvalue weighted by atomic mass is 127. The lowest BCUT2D eigenvalue weighted by Gasteiger charge is -2.47. The van der Waals surface area contributed by atoms with Crippen LogP contribution in [0, 0.1) is 3.57 Å². The number of hydrogen-bond donors (Lipinski definition) is 2. The fourth-order valence-corrected chi connectivity index (χ4v) is 7.62. The van der Waals surface area contributed by atoms with Crippen molar-refractivity contribution in [3.63, 3.8) is 0 Å². The molecular formula is C32H30Cl2IN3O5. The lowest BCUT2D eigenvalue weighted by Crippen LogP contribution is -2.57. The third kappa shape index (κ3) is 5.72. The van der Waals surface area contributed by atoms with Crippen LogP contribution in [0.25, 0.3) is 0 Å².